The van der Waals surface area contributed by atoms with Gasteiger partial charge in [-0.05, 0) is 27.8 Å². The molecule has 0 saturated heterocycles. The second-order valence-electron chi connectivity index (χ2n) is 2.59. The predicted molar refractivity (Wildman–Crippen MR) is 39.4 cm³/mol. The van der Waals surface area contributed by atoms with Crippen molar-refractivity contribution in [1.29, 1.82) is 0 Å². The molecule has 0 amide bonds. The molecule has 2 heteroatoms. The van der Waals surface area contributed by atoms with Crippen LogP contribution in [0.3, 0.4) is 0 Å². The van der Waals surface area contributed by atoms with Crippen molar-refractivity contribution in [1.82, 2.24) is 4.90 Å². The molecule has 1 atom stereocenters. The summed E-state index contributed by atoms with van der Waals surface area (Å²) in [6.45, 7) is 6.34. The summed E-state index contributed by atoms with van der Waals surface area (Å²) in [7, 11) is 3.78. The molecule has 0 aromatic rings. The summed E-state index contributed by atoms with van der Waals surface area (Å²) in [5.41, 5.74) is 0. The Morgan fingerprint density at radius 2 is 1.67 bits per heavy atom. The fourth-order valence-electron chi connectivity index (χ4n) is 0.586. The first-order valence-electron chi connectivity index (χ1n) is 3.34. The first kappa shape index (κ1) is 8.92. The Bertz CT molecular complexity index is 73.3. The lowest BCUT2D eigenvalue weighted by Gasteiger charge is -2.26. The summed E-state index contributed by atoms with van der Waals surface area (Å²) < 4.78 is 5.10. The fourth-order valence-corrected chi connectivity index (χ4v) is 0.586. The van der Waals surface area contributed by atoms with Crippen molar-refractivity contribution < 1.29 is 4.74 Å². The van der Waals surface area contributed by atoms with Crippen molar-refractivity contribution in [3.8, 4) is 0 Å². The second-order valence-corrected chi connectivity index (χ2v) is 2.59. The maximum atomic E-state index is 5.10. The third kappa shape index (κ3) is 2.82. The van der Waals surface area contributed by atoms with E-state index in [1.54, 1.807) is 7.11 Å². The molecule has 0 radical (unpaired) electrons. The number of rotatable bonds is 3. The first-order valence-corrected chi connectivity index (χ1v) is 3.34. The highest BCUT2D eigenvalue weighted by Gasteiger charge is 2.09. The first-order chi connectivity index (χ1) is 4.09. The van der Waals surface area contributed by atoms with E-state index in [4.69, 9.17) is 4.74 Å². The molecule has 0 aromatic heterocycles. The van der Waals surface area contributed by atoms with Crippen LogP contribution in [-0.4, -0.2) is 31.3 Å². The van der Waals surface area contributed by atoms with Crippen LogP contribution in [0, 0.1) is 0 Å². The SMILES string of the molecule is CO[C@H](C)N(C)C(C)C. The Morgan fingerprint density at radius 1 is 1.22 bits per heavy atom. The summed E-state index contributed by atoms with van der Waals surface area (Å²) in [6, 6.07) is 0.556. The van der Waals surface area contributed by atoms with Gasteiger partial charge in [-0.3, -0.25) is 4.90 Å². The van der Waals surface area contributed by atoms with Crippen molar-refractivity contribution in [3.63, 3.8) is 0 Å². The summed E-state index contributed by atoms with van der Waals surface area (Å²) in [5, 5.41) is 0. The van der Waals surface area contributed by atoms with Crippen LogP contribution in [0.2, 0.25) is 0 Å². The summed E-state index contributed by atoms with van der Waals surface area (Å²) in [5.74, 6) is 0. The van der Waals surface area contributed by atoms with Crippen molar-refractivity contribution in [2.45, 2.75) is 33.0 Å². The van der Waals surface area contributed by atoms with E-state index in [2.05, 4.69) is 25.8 Å². The summed E-state index contributed by atoms with van der Waals surface area (Å²) in [4.78, 5) is 2.17. The number of methoxy groups -OCH3 is 1. The monoisotopic (exact) mass is 131 g/mol. The average molecular weight is 131 g/mol. The van der Waals surface area contributed by atoms with Gasteiger partial charge in [0, 0.05) is 13.2 Å². The van der Waals surface area contributed by atoms with Gasteiger partial charge in [0.05, 0.1) is 0 Å². The van der Waals surface area contributed by atoms with E-state index in [0.717, 1.165) is 0 Å². The van der Waals surface area contributed by atoms with Crippen LogP contribution in [0.1, 0.15) is 20.8 Å². The molecule has 0 bridgehead atoms. The van der Waals surface area contributed by atoms with E-state index >= 15 is 0 Å². The Kier molecular flexibility index (Phi) is 3.82. The van der Waals surface area contributed by atoms with E-state index in [0.29, 0.717) is 6.04 Å². The van der Waals surface area contributed by atoms with E-state index < -0.39 is 0 Å². The normalized spacial score (nSPS) is 15.0. The molecule has 0 N–H and O–H groups in total. The molecule has 0 fully saturated rings. The zero-order chi connectivity index (χ0) is 7.44. The minimum atomic E-state index is 0.227. The van der Waals surface area contributed by atoms with Crippen LogP contribution in [0.25, 0.3) is 0 Å². The highest BCUT2D eigenvalue weighted by molar-refractivity contribution is 4.56. The Morgan fingerprint density at radius 3 is 1.78 bits per heavy atom. The van der Waals surface area contributed by atoms with Crippen LogP contribution in [-0.2, 0) is 4.74 Å². The van der Waals surface area contributed by atoms with Gasteiger partial charge < -0.3 is 4.74 Å². The Balaban J connectivity index is 3.58. The molecule has 0 spiro atoms. The quantitative estimate of drug-likeness (QED) is 0.536. The number of nitrogens with zero attached hydrogens (tertiary/aromatic N) is 1. The molecule has 0 rings (SSSR count). The topological polar surface area (TPSA) is 12.5 Å². The largest absolute Gasteiger partial charge is 0.367 e. The molecule has 56 valence electrons. The molecule has 0 heterocycles. The van der Waals surface area contributed by atoms with Crippen molar-refractivity contribution in [3.05, 3.63) is 0 Å². The molecule has 0 aliphatic heterocycles. The van der Waals surface area contributed by atoms with Gasteiger partial charge in [-0.2, -0.15) is 0 Å². The molecular formula is C7H17NO. The van der Waals surface area contributed by atoms with Crippen LogP contribution < -0.4 is 0 Å². The van der Waals surface area contributed by atoms with Crippen molar-refractivity contribution >= 4 is 0 Å². The standard InChI is InChI=1S/C7H17NO/c1-6(2)8(4)7(3)9-5/h6-7H,1-5H3/t7-/m1/s1. The summed E-state index contributed by atoms with van der Waals surface area (Å²) >= 11 is 0. The lowest BCUT2D eigenvalue weighted by Crippen LogP contribution is -2.35. The van der Waals surface area contributed by atoms with Crippen molar-refractivity contribution in [2.75, 3.05) is 14.2 Å². The highest BCUT2D eigenvalue weighted by Crippen LogP contribution is 2.00. The molecule has 0 aliphatic rings. The van der Waals surface area contributed by atoms with E-state index in [1.165, 1.54) is 0 Å². The van der Waals surface area contributed by atoms with Gasteiger partial charge in [0.15, 0.2) is 0 Å². The number of hydrogen-bond acceptors (Lipinski definition) is 2. The number of hydrogen-bond donors (Lipinski definition) is 0. The van der Waals surface area contributed by atoms with E-state index in [1.807, 2.05) is 6.92 Å². The lowest BCUT2D eigenvalue weighted by atomic mass is 10.3. The van der Waals surface area contributed by atoms with Gasteiger partial charge in [-0.25, -0.2) is 0 Å². The van der Waals surface area contributed by atoms with Crippen LogP contribution in [0.15, 0.2) is 0 Å². The molecular weight excluding hydrogens is 114 g/mol. The molecule has 0 aliphatic carbocycles. The third-order valence-electron chi connectivity index (χ3n) is 1.73. The molecule has 2 nitrogen and oxygen atoms in total. The molecule has 9 heavy (non-hydrogen) atoms. The van der Waals surface area contributed by atoms with Crippen LogP contribution in [0.4, 0.5) is 0 Å². The molecule has 0 unspecified atom stereocenters. The Hall–Kier alpha value is -0.0800. The highest BCUT2D eigenvalue weighted by atomic mass is 16.5. The van der Waals surface area contributed by atoms with Crippen LogP contribution in [0.5, 0.6) is 0 Å². The average Bonchev–Trinajstić information content (AvgIpc) is 1.84. The van der Waals surface area contributed by atoms with Gasteiger partial charge in [0.1, 0.15) is 6.23 Å². The van der Waals surface area contributed by atoms with E-state index in [-0.39, 0.29) is 6.23 Å². The zero-order valence-electron chi connectivity index (χ0n) is 7.01. The zero-order valence-corrected chi connectivity index (χ0v) is 7.01. The van der Waals surface area contributed by atoms with Gasteiger partial charge >= 0.3 is 0 Å². The minimum absolute atomic E-state index is 0.227. The molecule has 0 aromatic carbocycles. The van der Waals surface area contributed by atoms with Gasteiger partial charge in [0.2, 0.25) is 0 Å². The Labute approximate surface area is 57.8 Å². The van der Waals surface area contributed by atoms with Crippen molar-refractivity contribution in [2.24, 2.45) is 0 Å². The maximum absolute atomic E-state index is 5.10. The fraction of sp³-hybridized carbons (Fsp3) is 1.00. The van der Waals surface area contributed by atoms with Gasteiger partial charge in [0.25, 0.3) is 0 Å². The van der Waals surface area contributed by atoms with Gasteiger partial charge in [-0.1, -0.05) is 0 Å². The smallest absolute Gasteiger partial charge is 0.107 e. The second kappa shape index (κ2) is 3.85. The summed E-state index contributed by atoms with van der Waals surface area (Å²) in [6.07, 6.45) is 0.227. The number of ether oxygens (including phenoxy) is 1. The molecule has 0 saturated carbocycles. The maximum Gasteiger partial charge on any atom is 0.107 e. The third-order valence-corrected chi connectivity index (χ3v) is 1.73. The van der Waals surface area contributed by atoms with Gasteiger partial charge in [-0.15, -0.1) is 0 Å². The predicted octanol–water partition coefficient (Wildman–Crippen LogP) is 1.32. The minimum Gasteiger partial charge on any atom is -0.367 e. The van der Waals surface area contributed by atoms with Crippen LogP contribution >= 0.6 is 0 Å². The van der Waals surface area contributed by atoms with E-state index in [9.17, 15) is 0 Å². The lowest BCUT2D eigenvalue weighted by molar-refractivity contribution is -0.0192.